The number of aliphatic imine (C=N–C) groups is 1. The molecule has 0 saturated heterocycles. The molecule has 0 atom stereocenters. The number of nitrogens with zero attached hydrogens (tertiary/aromatic N) is 2. The van der Waals surface area contributed by atoms with Crippen molar-refractivity contribution < 1.29 is 0 Å². The molecule has 0 aliphatic heterocycles. The van der Waals surface area contributed by atoms with Gasteiger partial charge in [-0.3, -0.25) is 4.99 Å². The van der Waals surface area contributed by atoms with Crippen LogP contribution in [0.5, 0.6) is 0 Å². The molecule has 1 N–H and O–H groups in total. The van der Waals surface area contributed by atoms with Gasteiger partial charge in [-0.05, 0) is 6.92 Å². The Kier molecular flexibility index (Phi) is 3.54. The van der Waals surface area contributed by atoms with E-state index in [1.54, 1.807) is 7.05 Å². The maximum Gasteiger partial charge on any atom is 0.101 e. The number of rotatable bonds is 2. The predicted octanol–water partition coefficient (Wildman–Crippen LogP) is 0.657. The van der Waals surface area contributed by atoms with E-state index in [0.717, 1.165) is 11.7 Å². The van der Waals surface area contributed by atoms with Crippen molar-refractivity contribution in [2.24, 2.45) is 4.99 Å². The molecule has 58 valence electrons. The molecular formula is C7H15N3. The highest BCUT2D eigenvalue weighted by Gasteiger charge is 2.00. The lowest BCUT2D eigenvalue weighted by molar-refractivity contribution is 0.573. The smallest absolute Gasteiger partial charge is 0.101 e. The number of amidine groups is 1. The molecule has 0 aliphatic carbocycles. The Morgan fingerprint density at radius 2 is 2.10 bits per heavy atom. The average Bonchev–Trinajstić information content (AvgIpc) is 2.00. The van der Waals surface area contributed by atoms with Gasteiger partial charge in [-0.1, -0.05) is 6.58 Å². The second-order valence-corrected chi connectivity index (χ2v) is 2.03. The largest absolute Gasteiger partial charge is 0.375 e. The van der Waals surface area contributed by atoms with Gasteiger partial charge in [0.2, 0.25) is 0 Å². The normalized spacial score (nSPS) is 11.0. The maximum atomic E-state index is 4.00. The minimum Gasteiger partial charge on any atom is -0.375 e. The van der Waals surface area contributed by atoms with Crippen LogP contribution in [0.25, 0.3) is 0 Å². The Balaban J connectivity index is 4.08. The Morgan fingerprint density at radius 3 is 2.40 bits per heavy atom. The molecule has 0 bridgehead atoms. The van der Waals surface area contributed by atoms with E-state index >= 15 is 0 Å². The van der Waals surface area contributed by atoms with E-state index in [1.165, 1.54) is 0 Å². The van der Waals surface area contributed by atoms with Gasteiger partial charge in [0, 0.05) is 21.1 Å². The van der Waals surface area contributed by atoms with Gasteiger partial charge in [0.15, 0.2) is 0 Å². The van der Waals surface area contributed by atoms with Crippen LogP contribution in [0.3, 0.4) is 0 Å². The molecule has 0 heterocycles. The summed E-state index contributed by atoms with van der Waals surface area (Å²) in [5, 5.41) is 2.93. The summed E-state index contributed by atoms with van der Waals surface area (Å²) in [7, 11) is 5.51. The van der Waals surface area contributed by atoms with Gasteiger partial charge in [0.05, 0.1) is 5.82 Å². The summed E-state index contributed by atoms with van der Waals surface area (Å²) in [5.74, 6) is 1.79. The van der Waals surface area contributed by atoms with Gasteiger partial charge in [-0.2, -0.15) is 0 Å². The quantitative estimate of drug-likeness (QED) is 0.452. The molecule has 0 unspecified atom stereocenters. The van der Waals surface area contributed by atoms with Crippen LogP contribution in [-0.2, 0) is 0 Å². The molecule has 3 heteroatoms. The first-order chi connectivity index (χ1) is 4.63. The van der Waals surface area contributed by atoms with Crippen molar-refractivity contribution in [3.8, 4) is 0 Å². The summed E-state index contributed by atoms with van der Waals surface area (Å²) >= 11 is 0. The van der Waals surface area contributed by atoms with Gasteiger partial charge >= 0.3 is 0 Å². The van der Waals surface area contributed by atoms with Crippen molar-refractivity contribution in [3.05, 3.63) is 12.4 Å². The first-order valence-electron chi connectivity index (χ1n) is 3.17. The molecule has 0 aliphatic rings. The van der Waals surface area contributed by atoms with Crippen molar-refractivity contribution in [2.45, 2.75) is 6.92 Å². The molecule has 3 nitrogen and oxygen atoms in total. The van der Waals surface area contributed by atoms with E-state index < -0.39 is 0 Å². The lowest BCUT2D eigenvalue weighted by Crippen LogP contribution is -2.29. The molecule has 0 spiro atoms. The molecule has 0 saturated carbocycles. The zero-order chi connectivity index (χ0) is 8.15. The second kappa shape index (κ2) is 3.93. The summed E-state index contributed by atoms with van der Waals surface area (Å²) in [5.41, 5.74) is 0. The van der Waals surface area contributed by atoms with E-state index in [0.29, 0.717) is 0 Å². The number of hydrogen-bond acceptors (Lipinski definition) is 2. The average molecular weight is 141 g/mol. The van der Waals surface area contributed by atoms with Crippen molar-refractivity contribution in [2.75, 3.05) is 21.1 Å². The Labute approximate surface area is 62.4 Å². The molecule has 0 aromatic rings. The Hall–Kier alpha value is -0.990. The SMILES string of the molecule is C=C(NC)N(C)C(C)=NC. The molecule has 0 amide bonds. The van der Waals surface area contributed by atoms with Gasteiger partial charge < -0.3 is 10.2 Å². The van der Waals surface area contributed by atoms with Gasteiger partial charge in [0.25, 0.3) is 0 Å². The predicted molar refractivity (Wildman–Crippen MR) is 45.0 cm³/mol. The highest BCUT2D eigenvalue weighted by molar-refractivity contribution is 5.80. The molecule has 0 rings (SSSR count). The zero-order valence-corrected chi connectivity index (χ0v) is 7.10. The summed E-state index contributed by atoms with van der Waals surface area (Å²) in [6, 6.07) is 0. The van der Waals surface area contributed by atoms with Crippen LogP contribution < -0.4 is 5.32 Å². The van der Waals surface area contributed by atoms with E-state index in [-0.39, 0.29) is 0 Å². The van der Waals surface area contributed by atoms with Crippen LogP contribution in [0.4, 0.5) is 0 Å². The highest BCUT2D eigenvalue weighted by Crippen LogP contribution is 1.93. The lowest BCUT2D eigenvalue weighted by atomic mass is 10.5. The van der Waals surface area contributed by atoms with Crippen molar-refractivity contribution in [1.82, 2.24) is 10.2 Å². The van der Waals surface area contributed by atoms with Crippen LogP contribution in [0.1, 0.15) is 6.92 Å². The fourth-order valence-electron chi connectivity index (χ4n) is 0.513. The van der Waals surface area contributed by atoms with Gasteiger partial charge in [0.1, 0.15) is 5.84 Å². The number of hydrogen-bond donors (Lipinski definition) is 1. The van der Waals surface area contributed by atoms with Crippen LogP contribution in [0.2, 0.25) is 0 Å². The van der Waals surface area contributed by atoms with Crippen LogP contribution >= 0.6 is 0 Å². The van der Waals surface area contributed by atoms with E-state index in [9.17, 15) is 0 Å². The van der Waals surface area contributed by atoms with E-state index in [1.807, 2.05) is 25.9 Å². The van der Waals surface area contributed by atoms with Gasteiger partial charge in [-0.15, -0.1) is 0 Å². The van der Waals surface area contributed by atoms with Crippen LogP contribution in [0, 0.1) is 0 Å². The van der Waals surface area contributed by atoms with E-state index in [4.69, 9.17) is 0 Å². The lowest BCUT2D eigenvalue weighted by Gasteiger charge is -2.19. The maximum absolute atomic E-state index is 4.00. The van der Waals surface area contributed by atoms with Crippen molar-refractivity contribution in [1.29, 1.82) is 0 Å². The highest BCUT2D eigenvalue weighted by atomic mass is 15.2. The second-order valence-electron chi connectivity index (χ2n) is 2.03. The topological polar surface area (TPSA) is 27.6 Å². The summed E-state index contributed by atoms with van der Waals surface area (Å²) in [4.78, 5) is 5.89. The van der Waals surface area contributed by atoms with Crippen molar-refractivity contribution >= 4 is 5.84 Å². The molecule has 10 heavy (non-hydrogen) atoms. The van der Waals surface area contributed by atoms with Crippen LogP contribution in [0.15, 0.2) is 17.4 Å². The third-order valence-corrected chi connectivity index (χ3v) is 1.50. The first kappa shape index (κ1) is 9.01. The standard InChI is InChI=1S/C7H15N3/c1-6(8-3)10(5)7(2)9-4/h8H,1H2,2-5H3. The molecule has 0 fully saturated rings. The monoisotopic (exact) mass is 141 g/mol. The third kappa shape index (κ3) is 2.09. The molecule has 0 radical (unpaired) electrons. The minimum atomic E-state index is 0.850. The summed E-state index contributed by atoms with van der Waals surface area (Å²) in [6.45, 7) is 5.71. The van der Waals surface area contributed by atoms with E-state index in [2.05, 4.69) is 16.9 Å². The van der Waals surface area contributed by atoms with Crippen LogP contribution in [-0.4, -0.2) is 31.9 Å². The fourth-order valence-corrected chi connectivity index (χ4v) is 0.513. The molecule has 0 aromatic heterocycles. The number of nitrogens with one attached hydrogen (secondary N) is 1. The Morgan fingerprint density at radius 1 is 1.60 bits per heavy atom. The Bertz CT molecular complexity index is 149. The molecule has 0 aromatic carbocycles. The zero-order valence-electron chi connectivity index (χ0n) is 7.10. The fraction of sp³-hybridized carbons (Fsp3) is 0.571. The molecular weight excluding hydrogens is 126 g/mol. The summed E-state index contributed by atoms with van der Waals surface area (Å²) < 4.78 is 0. The first-order valence-corrected chi connectivity index (χ1v) is 3.17. The van der Waals surface area contributed by atoms with Crippen molar-refractivity contribution in [3.63, 3.8) is 0 Å². The van der Waals surface area contributed by atoms with Gasteiger partial charge in [-0.25, -0.2) is 0 Å². The summed E-state index contributed by atoms with van der Waals surface area (Å²) in [6.07, 6.45) is 0. The third-order valence-electron chi connectivity index (χ3n) is 1.50. The minimum absolute atomic E-state index is 0.850.